The maximum absolute atomic E-state index is 9.68. The van der Waals surface area contributed by atoms with Gasteiger partial charge in [0.15, 0.2) is 11.5 Å². The van der Waals surface area contributed by atoms with Crippen molar-refractivity contribution in [2.75, 3.05) is 0 Å². The number of fused-ring (bicyclic) bond motifs is 3. The van der Waals surface area contributed by atoms with Crippen LogP contribution in [0.5, 0.6) is 0 Å². The van der Waals surface area contributed by atoms with Crippen molar-refractivity contribution in [2.45, 2.75) is 19.8 Å². The van der Waals surface area contributed by atoms with Crippen molar-refractivity contribution in [1.82, 2.24) is 15.0 Å². The second-order valence-corrected chi connectivity index (χ2v) is 5.85. The first-order valence-electron chi connectivity index (χ1n) is 8.22. The van der Waals surface area contributed by atoms with Crippen molar-refractivity contribution in [3.8, 4) is 6.07 Å². The number of nitrogens with one attached hydrogen (secondary N) is 1. The molecule has 4 rings (SSSR count). The van der Waals surface area contributed by atoms with Gasteiger partial charge in [-0.15, -0.1) is 0 Å². The van der Waals surface area contributed by atoms with Crippen LogP contribution in [0.4, 0.5) is 0 Å². The Morgan fingerprint density at radius 2 is 2.28 bits per heavy atom. The van der Waals surface area contributed by atoms with Gasteiger partial charge in [-0.25, -0.2) is 4.98 Å². The Kier molecular flexibility index (Phi) is 3.79. The van der Waals surface area contributed by atoms with Crippen LogP contribution in [0.25, 0.3) is 33.7 Å². The fourth-order valence-corrected chi connectivity index (χ4v) is 2.99. The highest BCUT2D eigenvalue weighted by Crippen LogP contribution is 2.32. The molecule has 1 aromatic carbocycles. The molecule has 0 fully saturated rings. The van der Waals surface area contributed by atoms with Gasteiger partial charge in [-0.05, 0) is 36.3 Å². The lowest BCUT2D eigenvalue weighted by atomic mass is 10.0. The standard InChI is InChI=1S/C20H16N4O/c1-2-4-18-24-20-17(25-18)7-6-16-19(20)15(12-23-16)14(10-21)9-13-5-3-8-22-11-13/h3,5-9,11-12,23H,2,4H2,1H3. The minimum Gasteiger partial charge on any atom is -0.441 e. The van der Waals surface area contributed by atoms with E-state index in [1.807, 2.05) is 36.5 Å². The third kappa shape index (κ3) is 2.68. The molecule has 1 N–H and O–H groups in total. The van der Waals surface area contributed by atoms with E-state index in [2.05, 4.69) is 27.9 Å². The van der Waals surface area contributed by atoms with Gasteiger partial charge in [-0.2, -0.15) is 5.26 Å². The van der Waals surface area contributed by atoms with E-state index < -0.39 is 0 Å². The number of nitrogens with zero attached hydrogens (tertiary/aromatic N) is 3. The number of hydrogen-bond acceptors (Lipinski definition) is 4. The van der Waals surface area contributed by atoms with Gasteiger partial charge in [0.25, 0.3) is 0 Å². The highest BCUT2D eigenvalue weighted by molar-refractivity contribution is 6.11. The number of hydrogen-bond donors (Lipinski definition) is 1. The van der Waals surface area contributed by atoms with E-state index in [9.17, 15) is 5.26 Å². The van der Waals surface area contributed by atoms with Crippen LogP contribution in [0.2, 0.25) is 0 Å². The Balaban J connectivity index is 1.93. The fourth-order valence-electron chi connectivity index (χ4n) is 2.99. The Morgan fingerprint density at radius 1 is 1.36 bits per heavy atom. The molecule has 25 heavy (non-hydrogen) atoms. The van der Waals surface area contributed by atoms with Gasteiger partial charge >= 0.3 is 0 Å². The van der Waals surface area contributed by atoms with Crippen molar-refractivity contribution in [1.29, 1.82) is 5.26 Å². The van der Waals surface area contributed by atoms with Crippen LogP contribution in [0, 0.1) is 11.3 Å². The first-order valence-corrected chi connectivity index (χ1v) is 8.22. The molecule has 5 heteroatoms. The average Bonchev–Trinajstić information content (AvgIpc) is 3.24. The van der Waals surface area contributed by atoms with Crippen LogP contribution in [-0.2, 0) is 6.42 Å². The lowest BCUT2D eigenvalue weighted by Gasteiger charge is -1.99. The first-order chi connectivity index (χ1) is 12.3. The van der Waals surface area contributed by atoms with Gasteiger partial charge in [0.2, 0.25) is 0 Å². The number of nitriles is 1. The minimum absolute atomic E-state index is 0.562. The molecule has 0 aliphatic carbocycles. The third-order valence-corrected chi connectivity index (χ3v) is 4.12. The molecule has 0 spiro atoms. The third-order valence-electron chi connectivity index (χ3n) is 4.12. The van der Waals surface area contributed by atoms with Gasteiger partial charge in [-0.3, -0.25) is 4.98 Å². The van der Waals surface area contributed by atoms with Crippen molar-refractivity contribution < 1.29 is 4.42 Å². The zero-order chi connectivity index (χ0) is 17.2. The number of benzene rings is 1. The van der Waals surface area contributed by atoms with Gasteiger partial charge in [0, 0.05) is 41.5 Å². The Bertz CT molecular complexity index is 1110. The largest absolute Gasteiger partial charge is 0.441 e. The quantitative estimate of drug-likeness (QED) is 0.550. The second kappa shape index (κ2) is 6.25. The van der Waals surface area contributed by atoms with Crippen LogP contribution < -0.4 is 0 Å². The number of allylic oxidation sites excluding steroid dienone is 1. The number of aromatic amines is 1. The summed E-state index contributed by atoms with van der Waals surface area (Å²) in [5.41, 5.74) is 4.74. The highest BCUT2D eigenvalue weighted by atomic mass is 16.3. The Hall–Kier alpha value is -3.39. The molecule has 3 aromatic heterocycles. The van der Waals surface area contributed by atoms with Crippen molar-refractivity contribution in [3.05, 3.63) is 59.9 Å². The summed E-state index contributed by atoms with van der Waals surface area (Å²) in [6.45, 7) is 2.09. The summed E-state index contributed by atoms with van der Waals surface area (Å²) in [6, 6.07) is 9.94. The maximum Gasteiger partial charge on any atom is 0.195 e. The first kappa shape index (κ1) is 15.2. The summed E-state index contributed by atoms with van der Waals surface area (Å²) in [5, 5.41) is 10.6. The second-order valence-electron chi connectivity index (χ2n) is 5.85. The molecule has 4 aromatic rings. The van der Waals surface area contributed by atoms with Crippen LogP contribution in [0.15, 0.2) is 47.3 Å². The van der Waals surface area contributed by atoms with E-state index in [1.165, 1.54) is 0 Å². The van der Waals surface area contributed by atoms with Gasteiger partial charge in [-0.1, -0.05) is 13.0 Å². The Morgan fingerprint density at radius 3 is 3.04 bits per heavy atom. The van der Waals surface area contributed by atoms with Crippen molar-refractivity contribution in [2.24, 2.45) is 0 Å². The summed E-state index contributed by atoms with van der Waals surface area (Å²) in [5.74, 6) is 0.729. The van der Waals surface area contributed by atoms with Crippen molar-refractivity contribution >= 4 is 33.7 Å². The number of pyridine rings is 1. The van der Waals surface area contributed by atoms with E-state index in [0.717, 1.165) is 51.9 Å². The van der Waals surface area contributed by atoms with Crippen LogP contribution >= 0.6 is 0 Å². The van der Waals surface area contributed by atoms with Gasteiger partial charge < -0.3 is 9.40 Å². The molecular formula is C20H16N4O. The molecule has 122 valence electrons. The topological polar surface area (TPSA) is 78.5 Å². The van der Waals surface area contributed by atoms with Crippen LogP contribution in [-0.4, -0.2) is 15.0 Å². The molecule has 0 radical (unpaired) electrons. The number of aromatic nitrogens is 3. The van der Waals surface area contributed by atoms with E-state index >= 15 is 0 Å². The molecular weight excluding hydrogens is 312 g/mol. The zero-order valence-electron chi connectivity index (χ0n) is 13.8. The molecule has 3 heterocycles. The summed E-state index contributed by atoms with van der Waals surface area (Å²) < 4.78 is 5.84. The Labute approximate surface area is 144 Å². The predicted molar refractivity (Wildman–Crippen MR) is 97.6 cm³/mol. The lowest BCUT2D eigenvalue weighted by Crippen LogP contribution is -1.84. The van der Waals surface area contributed by atoms with Crippen LogP contribution in [0.1, 0.15) is 30.4 Å². The molecule has 0 saturated carbocycles. The summed E-state index contributed by atoms with van der Waals surface area (Å²) >= 11 is 0. The molecule has 5 nitrogen and oxygen atoms in total. The van der Waals surface area contributed by atoms with Crippen molar-refractivity contribution in [3.63, 3.8) is 0 Å². The monoisotopic (exact) mass is 328 g/mol. The van der Waals surface area contributed by atoms with Crippen LogP contribution in [0.3, 0.4) is 0 Å². The number of aryl methyl sites for hydroxylation is 1. The van der Waals surface area contributed by atoms with E-state index in [4.69, 9.17) is 4.42 Å². The van der Waals surface area contributed by atoms with E-state index in [0.29, 0.717) is 5.57 Å². The summed E-state index contributed by atoms with van der Waals surface area (Å²) in [6.07, 6.45) is 8.90. The maximum atomic E-state index is 9.68. The molecule has 0 unspecified atom stereocenters. The SMILES string of the molecule is CCCc1nc2c(ccc3[nH]cc(C(C#N)=Cc4cccnc4)c32)o1. The summed E-state index contributed by atoms with van der Waals surface area (Å²) in [7, 11) is 0. The lowest BCUT2D eigenvalue weighted by molar-refractivity contribution is 0.525. The molecule has 0 bridgehead atoms. The normalized spacial score (nSPS) is 11.9. The summed E-state index contributed by atoms with van der Waals surface area (Å²) in [4.78, 5) is 12.0. The molecule has 0 aliphatic rings. The molecule has 0 saturated heterocycles. The number of oxazole rings is 1. The zero-order valence-corrected chi connectivity index (χ0v) is 13.8. The van der Waals surface area contributed by atoms with E-state index in [-0.39, 0.29) is 0 Å². The molecule has 0 aliphatic heterocycles. The molecule has 0 amide bonds. The highest BCUT2D eigenvalue weighted by Gasteiger charge is 2.16. The fraction of sp³-hybridized carbons (Fsp3) is 0.150. The number of rotatable bonds is 4. The van der Waals surface area contributed by atoms with Gasteiger partial charge in [0.1, 0.15) is 5.52 Å². The predicted octanol–water partition coefficient (Wildman–Crippen LogP) is 4.72. The number of H-pyrrole nitrogens is 1. The van der Waals surface area contributed by atoms with Gasteiger partial charge in [0.05, 0.1) is 11.6 Å². The smallest absolute Gasteiger partial charge is 0.195 e. The average molecular weight is 328 g/mol. The molecule has 0 atom stereocenters. The van der Waals surface area contributed by atoms with E-state index in [1.54, 1.807) is 12.4 Å². The minimum atomic E-state index is 0.562.